The maximum Gasteiger partial charge on any atom is 0.322 e. The molecule has 0 aromatic heterocycles. The zero-order chi connectivity index (χ0) is 17.2. The van der Waals surface area contributed by atoms with Crippen LogP contribution in [0, 0.1) is 0 Å². The largest absolute Gasteiger partial charge is 0.493 e. The Kier molecular flexibility index (Phi) is 4.51. The monoisotopic (exact) mass is 342 g/mol. The molecule has 1 aromatic carbocycles. The molecule has 1 saturated carbocycles. The first-order valence-corrected chi connectivity index (χ1v) is 9.34. The number of rotatable bonds is 5. The molecule has 2 atom stereocenters. The quantitative estimate of drug-likeness (QED) is 0.864. The summed E-state index contributed by atoms with van der Waals surface area (Å²) in [7, 11) is 0. The number of aliphatic imine (C=N–C) groups is 1. The maximum absolute atomic E-state index is 12.5. The van der Waals surface area contributed by atoms with Crippen LogP contribution in [0.4, 0.5) is 10.5 Å². The van der Waals surface area contributed by atoms with Gasteiger partial charge in [0, 0.05) is 24.8 Å². The zero-order valence-electron chi connectivity index (χ0n) is 14.7. The molecule has 2 N–H and O–H groups in total. The highest BCUT2D eigenvalue weighted by Crippen LogP contribution is 2.39. The number of carbonyl (C=O) groups excluding carboxylic acids is 1. The van der Waals surface area contributed by atoms with Crippen LogP contribution in [0.3, 0.4) is 0 Å². The Morgan fingerprint density at radius 1 is 1.40 bits per heavy atom. The highest BCUT2D eigenvalue weighted by atomic mass is 16.5. The van der Waals surface area contributed by atoms with Crippen molar-refractivity contribution in [2.75, 3.05) is 24.6 Å². The molecule has 4 rings (SSSR count). The zero-order valence-corrected chi connectivity index (χ0v) is 14.7. The van der Waals surface area contributed by atoms with E-state index in [-0.39, 0.29) is 6.03 Å². The first-order chi connectivity index (χ1) is 12.2. The predicted molar refractivity (Wildman–Crippen MR) is 98.8 cm³/mol. The molecule has 25 heavy (non-hydrogen) atoms. The van der Waals surface area contributed by atoms with Crippen LogP contribution in [-0.2, 0) is 0 Å². The fourth-order valence-electron chi connectivity index (χ4n) is 3.66. The summed E-state index contributed by atoms with van der Waals surface area (Å²) in [6.07, 6.45) is 6.02. The number of nitrogens with zero attached hydrogens (tertiary/aromatic N) is 2. The molecule has 2 unspecified atom stereocenters. The minimum atomic E-state index is 0.00261. The summed E-state index contributed by atoms with van der Waals surface area (Å²) in [5.74, 6) is 1.38. The molecule has 0 bridgehead atoms. The molecule has 2 heterocycles. The molecule has 1 fully saturated rings. The van der Waals surface area contributed by atoms with Crippen LogP contribution in [0.2, 0.25) is 0 Å². The lowest BCUT2D eigenvalue weighted by atomic mass is 9.87. The fourth-order valence-corrected chi connectivity index (χ4v) is 3.66. The van der Waals surface area contributed by atoms with Gasteiger partial charge in [0.2, 0.25) is 0 Å². The molecular formula is C19H26N4O2. The Hall–Kier alpha value is -2.24. The van der Waals surface area contributed by atoms with Crippen molar-refractivity contribution in [1.82, 2.24) is 10.6 Å². The summed E-state index contributed by atoms with van der Waals surface area (Å²) in [6.45, 7) is 4.33. The second-order valence-corrected chi connectivity index (χ2v) is 7.10. The van der Waals surface area contributed by atoms with E-state index in [0.29, 0.717) is 24.5 Å². The Balaban J connectivity index is 1.55. The van der Waals surface area contributed by atoms with Crippen LogP contribution in [0.1, 0.15) is 44.1 Å². The summed E-state index contributed by atoms with van der Waals surface area (Å²) in [6, 6.07) is 6.85. The lowest BCUT2D eigenvalue weighted by Crippen LogP contribution is -2.41. The molecular weight excluding hydrogens is 316 g/mol. The molecule has 1 aliphatic carbocycles. The Bertz CT molecular complexity index is 671. The van der Waals surface area contributed by atoms with Gasteiger partial charge >= 0.3 is 6.03 Å². The van der Waals surface area contributed by atoms with E-state index in [9.17, 15) is 4.79 Å². The van der Waals surface area contributed by atoms with E-state index in [1.54, 1.807) is 0 Å². The van der Waals surface area contributed by atoms with Gasteiger partial charge in [-0.3, -0.25) is 9.89 Å². The summed E-state index contributed by atoms with van der Waals surface area (Å²) in [4.78, 5) is 18.8. The van der Waals surface area contributed by atoms with Gasteiger partial charge in [-0.1, -0.05) is 0 Å². The van der Waals surface area contributed by atoms with E-state index in [1.807, 2.05) is 30.3 Å². The number of anilines is 1. The molecule has 0 spiro atoms. The van der Waals surface area contributed by atoms with Crippen LogP contribution in [0.15, 0.2) is 23.2 Å². The summed E-state index contributed by atoms with van der Waals surface area (Å²) in [5.41, 5.74) is 2.16. The number of hydrogen-bond acceptors (Lipinski definition) is 4. The van der Waals surface area contributed by atoms with Crippen molar-refractivity contribution in [3.05, 3.63) is 23.8 Å². The molecule has 134 valence electrons. The fraction of sp³-hybridized carbons (Fsp3) is 0.579. The normalized spacial score (nSPS) is 24.2. The second-order valence-electron chi connectivity index (χ2n) is 7.10. The maximum atomic E-state index is 12.5. The van der Waals surface area contributed by atoms with E-state index in [1.165, 1.54) is 5.56 Å². The smallest absolute Gasteiger partial charge is 0.322 e. The summed E-state index contributed by atoms with van der Waals surface area (Å²) < 4.78 is 5.85. The summed E-state index contributed by atoms with van der Waals surface area (Å²) >= 11 is 0. The molecule has 6 heteroatoms. The van der Waals surface area contributed by atoms with Crippen molar-refractivity contribution in [3.63, 3.8) is 0 Å². The van der Waals surface area contributed by atoms with E-state index in [2.05, 4.69) is 21.7 Å². The average molecular weight is 342 g/mol. The molecule has 3 aliphatic rings. The number of nitrogens with one attached hydrogen (secondary N) is 2. The van der Waals surface area contributed by atoms with Gasteiger partial charge < -0.3 is 15.4 Å². The average Bonchev–Trinajstić information content (AvgIpc) is 3.28. The number of hydrogen-bond donors (Lipinski definition) is 2. The predicted octanol–water partition coefficient (Wildman–Crippen LogP) is 2.64. The van der Waals surface area contributed by atoms with E-state index in [4.69, 9.17) is 4.74 Å². The first kappa shape index (κ1) is 16.2. The van der Waals surface area contributed by atoms with Crippen molar-refractivity contribution >= 4 is 18.1 Å². The third-order valence-corrected chi connectivity index (χ3v) is 5.22. The number of urea groups is 1. The highest BCUT2D eigenvalue weighted by Gasteiger charge is 2.29. The van der Waals surface area contributed by atoms with Gasteiger partial charge in [-0.2, -0.15) is 0 Å². The van der Waals surface area contributed by atoms with Gasteiger partial charge in [-0.25, -0.2) is 4.79 Å². The van der Waals surface area contributed by atoms with Crippen molar-refractivity contribution in [2.24, 2.45) is 4.99 Å². The Labute approximate surface area is 148 Å². The minimum absolute atomic E-state index is 0.00261. The van der Waals surface area contributed by atoms with Crippen molar-refractivity contribution < 1.29 is 9.53 Å². The molecule has 0 saturated heterocycles. The van der Waals surface area contributed by atoms with Gasteiger partial charge in [0.25, 0.3) is 0 Å². The van der Waals surface area contributed by atoms with E-state index in [0.717, 1.165) is 50.3 Å². The number of amides is 2. The lowest BCUT2D eigenvalue weighted by molar-refractivity contribution is 0.246. The van der Waals surface area contributed by atoms with E-state index < -0.39 is 0 Å². The van der Waals surface area contributed by atoms with Crippen LogP contribution in [-0.4, -0.2) is 44.1 Å². The standard InChI is InChI=1S/C19H26N4O2/c1-2-23(19(24)22-14-3-4-14)16-5-6-18-17(10-16)13(7-8-25-18)9-15-11-20-12-21-15/h5-6,10,12-15H,2-4,7-9,11H2,1H3,(H,20,21)(H,22,24). The highest BCUT2D eigenvalue weighted by molar-refractivity contribution is 5.92. The van der Waals surface area contributed by atoms with Crippen LogP contribution in [0.5, 0.6) is 5.75 Å². The topological polar surface area (TPSA) is 66.0 Å². The molecule has 0 radical (unpaired) electrons. The van der Waals surface area contributed by atoms with Gasteiger partial charge in [0.05, 0.1) is 19.0 Å². The van der Waals surface area contributed by atoms with Gasteiger partial charge in [0.1, 0.15) is 5.75 Å². The third kappa shape index (κ3) is 3.57. The first-order valence-electron chi connectivity index (χ1n) is 9.34. The number of carbonyl (C=O) groups is 1. The Morgan fingerprint density at radius 3 is 3.00 bits per heavy atom. The second kappa shape index (κ2) is 6.94. The number of ether oxygens (including phenoxy) is 1. The van der Waals surface area contributed by atoms with Crippen molar-refractivity contribution in [2.45, 2.75) is 50.6 Å². The van der Waals surface area contributed by atoms with Crippen LogP contribution >= 0.6 is 0 Å². The molecule has 2 amide bonds. The summed E-state index contributed by atoms with van der Waals surface area (Å²) in [5, 5.41) is 6.26. The SMILES string of the molecule is CCN(C(=O)NC1CC1)c1ccc2c(c1)C(CC1CNC=N1)CCO2. The van der Waals surface area contributed by atoms with Gasteiger partial charge in [-0.05, 0) is 62.3 Å². The minimum Gasteiger partial charge on any atom is -0.493 e. The Morgan fingerprint density at radius 2 is 2.28 bits per heavy atom. The lowest BCUT2D eigenvalue weighted by Gasteiger charge is -2.29. The molecule has 6 nitrogen and oxygen atoms in total. The number of fused-ring (bicyclic) bond motifs is 1. The van der Waals surface area contributed by atoms with Gasteiger partial charge in [-0.15, -0.1) is 0 Å². The van der Waals surface area contributed by atoms with Crippen molar-refractivity contribution in [1.29, 1.82) is 0 Å². The van der Waals surface area contributed by atoms with Crippen LogP contribution in [0.25, 0.3) is 0 Å². The van der Waals surface area contributed by atoms with Crippen LogP contribution < -0.4 is 20.3 Å². The molecule has 2 aliphatic heterocycles. The third-order valence-electron chi connectivity index (χ3n) is 5.22. The van der Waals surface area contributed by atoms with Crippen molar-refractivity contribution in [3.8, 4) is 5.75 Å². The van der Waals surface area contributed by atoms with E-state index >= 15 is 0 Å². The molecule has 1 aromatic rings. The number of benzene rings is 1. The van der Waals surface area contributed by atoms with Gasteiger partial charge in [0.15, 0.2) is 0 Å².